The van der Waals surface area contributed by atoms with E-state index < -0.39 is 6.17 Å². The van der Waals surface area contributed by atoms with Gasteiger partial charge in [0.2, 0.25) is 0 Å². The molecule has 0 spiro atoms. The van der Waals surface area contributed by atoms with Crippen LogP contribution in [0.15, 0.2) is 76.7 Å². The van der Waals surface area contributed by atoms with Gasteiger partial charge in [0, 0.05) is 12.2 Å². The first-order chi connectivity index (χ1) is 12.2. The quantitative estimate of drug-likeness (QED) is 0.745. The maximum Gasteiger partial charge on any atom is 0.258 e. The summed E-state index contributed by atoms with van der Waals surface area (Å²) < 4.78 is 5.62. The number of amides is 1. The van der Waals surface area contributed by atoms with Gasteiger partial charge in [0.25, 0.3) is 5.91 Å². The number of rotatable bonds is 3. The molecular formula is C20H16N2O3. The molecule has 1 unspecified atom stereocenters. The summed E-state index contributed by atoms with van der Waals surface area (Å²) in [5.41, 5.74) is 2.04. The Kier molecular flexibility index (Phi) is 3.61. The molecule has 1 N–H and O–H groups in total. The fourth-order valence-electron chi connectivity index (χ4n) is 3.15. The smallest absolute Gasteiger partial charge is 0.258 e. The second-order valence-corrected chi connectivity index (χ2v) is 5.85. The minimum Gasteiger partial charge on any atom is -0.464 e. The zero-order chi connectivity index (χ0) is 17.4. The van der Waals surface area contributed by atoms with Crippen molar-refractivity contribution in [2.45, 2.75) is 6.17 Å². The lowest BCUT2D eigenvalue weighted by Crippen LogP contribution is -2.44. The van der Waals surface area contributed by atoms with Gasteiger partial charge in [0.05, 0.1) is 16.5 Å². The van der Waals surface area contributed by atoms with Crippen LogP contribution >= 0.6 is 0 Å². The molecule has 1 amide bonds. The van der Waals surface area contributed by atoms with Crippen molar-refractivity contribution in [2.24, 2.45) is 0 Å². The fourth-order valence-corrected chi connectivity index (χ4v) is 3.15. The molecule has 0 saturated heterocycles. The molecule has 0 aliphatic carbocycles. The van der Waals surface area contributed by atoms with E-state index in [1.807, 2.05) is 24.3 Å². The van der Waals surface area contributed by atoms with Crippen molar-refractivity contribution in [3.05, 3.63) is 88.8 Å². The summed E-state index contributed by atoms with van der Waals surface area (Å²) in [4.78, 5) is 27.4. The topological polar surface area (TPSA) is 62.6 Å². The van der Waals surface area contributed by atoms with Gasteiger partial charge in [-0.3, -0.25) is 9.59 Å². The molecule has 4 rings (SSSR count). The summed E-state index contributed by atoms with van der Waals surface area (Å²) in [6.45, 7) is 4.04. The van der Waals surface area contributed by atoms with Crippen LogP contribution in [0.25, 0.3) is 11.0 Å². The minimum absolute atomic E-state index is 0.146. The maximum atomic E-state index is 12.9. The van der Waals surface area contributed by atoms with Gasteiger partial charge >= 0.3 is 0 Å². The number of nitrogens with one attached hydrogen (secondary N) is 1. The zero-order valence-electron chi connectivity index (χ0n) is 13.4. The lowest BCUT2D eigenvalue weighted by molar-refractivity contribution is 0.0706. The standard InChI is InChI=1S/C20H16N2O3/c1-2-11-22-19(21-16-9-5-3-7-13(16)20(22)24)15-12-25-17-10-6-4-8-14(17)18(15)23/h2-10,12,19,21H,1,11H2. The minimum atomic E-state index is -0.610. The Balaban J connectivity index is 1.89. The van der Waals surface area contributed by atoms with Gasteiger partial charge in [-0.1, -0.05) is 30.3 Å². The number of anilines is 1. The number of fused-ring (bicyclic) bond motifs is 2. The van der Waals surface area contributed by atoms with Crippen LogP contribution in [-0.2, 0) is 0 Å². The van der Waals surface area contributed by atoms with Crippen molar-refractivity contribution in [1.82, 2.24) is 4.90 Å². The Morgan fingerprint density at radius 3 is 2.72 bits per heavy atom. The molecule has 1 aliphatic rings. The van der Waals surface area contributed by atoms with E-state index in [0.29, 0.717) is 34.3 Å². The Labute approximate surface area is 144 Å². The number of hydrogen-bond donors (Lipinski definition) is 1. The Hall–Kier alpha value is -3.34. The van der Waals surface area contributed by atoms with Gasteiger partial charge in [0.15, 0.2) is 5.43 Å². The van der Waals surface area contributed by atoms with Crippen LogP contribution in [0.4, 0.5) is 5.69 Å². The lowest BCUT2D eigenvalue weighted by atomic mass is 10.0. The molecule has 5 nitrogen and oxygen atoms in total. The molecule has 25 heavy (non-hydrogen) atoms. The summed E-state index contributed by atoms with van der Waals surface area (Å²) >= 11 is 0. The van der Waals surface area contributed by atoms with Crippen molar-refractivity contribution in [2.75, 3.05) is 11.9 Å². The van der Waals surface area contributed by atoms with Gasteiger partial charge in [0.1, 0.15) is 18.0 Å². The summed E-state index contributed by atoms with van der Waals surface area (Å²) in [7, 11) is 0. The van der Waals surface area contributed by atoms with E-state index in [1.165, 1.54) is 6.26 Å². The van der Waals surface area contributed by atoms with Crippen LogP contribution in [0.3, 0.4) is 0 Å². The highest BCUT2D eigenvalue weighted by Gasteiger charge is 2.33. The van der Waals surface area contributed by atoms with E-state index in [9.17, 15) is 9.59 Å². The number of carbonyl (C=O) groups excluding carboxylic acids is 1. The average molecular weight is 332 g/mol. The fraction of sp³-hybridized carbons (Fsp3) is 0.100. The Morgan fingerprint density at radius 1 is 1.12 bits per heavy atom. The first kappa shape index (κ1) is 15.2. The van der Waals surface area contributed by atoms with Crippen molar-refractivity contribution in [3.63, 3.8) is 0 Å². The molecule has 0 fully saturated rings. The molecule has 5 heteroatoms. The number of benzene rings is 2. The summed E-state index contributed by atoms with van der Waals surface area (Å²) in [6.07, 6.45) is 2.46. The first-order valence-corrected chi connectivity index (χ1v) is 7.98. The third kappa shape index (κ3) is 2.41. The number of hydrogen-bond acceptors (Lipinski definition) is 4. The normalized spacial score (nSPS) is 16.4. The van der Waals surface area contributed by atoms with E-state index in [0.717, 1.165) is 0 Å². The molecule has 3 aromatic rings. The lowest BCUT2D eigenvalue weighted by Gasteiger charge is -2.37. The molecule has 0 bridgehead atoms. The van der Waals surface area contributed by atoms with E-state index in [4.69, 9.17) is 4.42 Å². The van der Waals surface area contributed by atoms with E-state index in [2.05, 4.69) is 11.9 Å². The molecule has 1 aliphatic heterocycles. The average Bonchev–Trinajstić information content (AvgIpc) is 2.65. The van der Waals surface area contributed by atoms with Gasteiger partial charge in [-0.05, 0) is 24.3 Å². The molecule has 0 saturated carbocycles. The number of nitrogens with zero attached hydrogens (tertiary/aromatic N) is 1. The highest BCUT2D eigenvalue weighted by molar-refractivity contribution is 6.01. The van der Waals surface area contributed by atoms with E-state index in [1.54, 1.807) is 35.2 Å². The van der Waals surface area contributed by atoms with Gasteiger partial charge in [-0.2, -0.15) is 0 Å². The third-order valence-electron chi connectivity index (χ3n) is 4.35. The summed E-state index contributed by atoms with van der Waals surface area (Å²) in [5, 5.41) is 3.77. The highest BCUT2D eigenvalue weighted by Crippen LogP contribution is 2.32. The van der Waals surface area contributed by atoms with Crippen LogP contribution in [-0.4, -0.2) is 17.4 Å². The predicted molar refractivity (Wildman–Crippen MR) is 96.5 cm³/mol. The molecule has 1 aromatic heterocycles. The maximum absolute atomic E-state index is 12.9. The number of para-hydroxylation sites is 2. The van der Waals surface area contributed by atoms with Crippen LogP contribution < -0.4 is 10.7 Å². The van der Waals surface area contributed by atoms with E-state index in [-0.39, 0.29) is 11.3 Å². The van der Waals surface area contributed by atoms with Crippen LogP contribution in [0.2, 0.25) is 0 Å². The van der Waals surface area contributed by atoms with Gasteiger partial charge in [-0.25, -0.2) is 0 Å². The van der Waals surface area contributed by atoms with Crippen molar-refractivity contribution >= 4 is 22.6 Å². The largest absolute Gasteiger partial charge is 0.464 e. The van der Waals surface area contributed by atoms with Crippen LogP contribution in [0.1, 0.15) is 22.1 Å². The van der Waals surface area contributed by atoms with Crippen molar-refractivity contribution in [3.8, 4) is 0 Å². The Bertz CT molecular complexity index is 1040. The van der Waals surface area contributed by atoms with Gasteiger partial charge in [-0.15, -0.1) is 6.58 Å². The Morgan fingerprint density at radius 2 is 1.88 bits per heavy atom. The first-order valence-electron chi connectivity index (χ1n) is 7.98. The second-order valence-electron chi connectivity index (χ2n) is 5.85. The van der Waals surface area contributed by atoms with Crippen LogP contribution in [0, 0.1) is 0 Å². The second kappa shape index (κ2) is 5.94. The monoisotopic (exact) mass is 332 g/mol. The van der Waals surface area contributed by atoms with Crippen LogP contribution in [0.5, 0.6) is 0 Å². The van der Waals surface area contributed by atoms with Crippen molar-refractivity contribution < 1.29 is 9.21 Å². The molecule has 2 aromatic carbocycles. The molecule has 0 radical (unpaired) electrons. The highest BCUT2D eigenvalue weighted by atomic mass is 16.3. The molecule has 2 heterocycles. The molecule has 1 atom stereocenters. The molecular weight excluding hydrogens is 316 g/mol. The SMILES string of the molecule is C=CCN1C(=O)c2ccccc2NC1c1coc2ccccc2c1=O. The number of carbonyl (C=O) groups is 1. The summed E-state index contributed by atoms with van der Waals surface area (Å²) in [5.74, 6) is -0.146. The van der Waals surface area contributed by atoms with Gasteiger partial charge < -0.3 is 14.6 Å². The predicted octanol–water partition coefficient (Wildman–Crippen LogP) is 3.55. The van der Waals surface area contributed by atoms with E-state index >= 15 is 0 Å². The van der Waals surface area contributed by atoms with Crippen molar-refractivity contribution in [1.29, 1.82) is 0 Å². The summed E-state index contributed by atoms with van der Waals surface area (Å²) in [6, 6.07) is 14.3. The third-order valence-corrected chi connectivity index (χ3v) is 4.35. The molecule has 124 valence electrons. The zero-order valence-corrected chi connectivity index (χ0v) is 13.4.